The van der Waals surface area contributed by atoms with Crippen LogP contribution in [0.25, 0.3) is 11.0 Å². The molecule has 1 aliphatic rings. The predicted octanol–water partition coefficient (Wildman–Crippen LogP) is 3.95. The number of hydrogen-bond acceptors (Lipinski definition) is 2. The summed E-state index contributed by atoms with van der Waals surface area (Å²) in [6.45, 7) is 0. The topological polar surface area (TPSA) is 52.5 Å². The van der Waals surface area contributed by atoms with Gasteiger partial charge in [-0.15, -0.1) is 0 Å². The third-order valence-electron chi connectivity index (χ3n) is 4.17. The van der Waals surface area contributed by atoms with E-state index >= 15 is 0 Å². The zero-order chi connectivity index (χ0) is 13.1. The van der Waals surface area contributed by atoms with Crippen molar-refractivity contribution in [3.8, 4) is 6.07 Å². The number of fused-ring (bicyclic) bond motifs is 1. The van der Waals surface area contributed by atoms with Crippen LogP contribution in [0.3, 0.4) is 0 Å². The Morgan fingerprint density at radius 2 is 2.11 bits per heavy atom. The van der Waals surface area contributed by atoms with E-state index in [1.807, 2.05) is 18.2 Å². The van der Waals surface area contributed by atoms with Crippen LogP contribution in [0.2, 0.25) is 0 Å². The van der Waals surface area contributed by atoms with E-state index in [0.29, 0.717) is 5.56 Å². The van der Waals surface area contributed by atoms with Crippen LogP contribution in [-0.4, -0.2) is 9.97 Å². The monoisotopic (exact) mass is 253 g/mol. The van der Waals surface area contributed by atoms with Crippen molar-refractivity contribution in [1.82, 2.24) is 9.97 Å². The first-order chi connectivity index (χ1) is 9.35. The molecule has 0 spiro atoms. The predicted molar refractivity (Wildman–Crippen MR) is 75.7 cm³/mol. The minimum Gasteiger partial charge on any atom is -0.342 e. The first-order valence-electron chi connectivity index (χ1n) is 7.24. The van der Waals surface area contributed by atoms with Gasteiger partial charge in [-0.2, -0.15) is 5.26 Å². The maximum absolute atomic E-state index is 8.89. The molecule has 1 aromatic heterocycles. The van der Waals surface area contributed by atoms with Crippen LogP contribution in [-0.2, 0) is 6.42 Å². The van der Waals surface area contributed by atoms with Gasteiger partial charge in [0.05, 0.1) is 22.7 Å². The number of aromatic amines is 1. The summed E-state index contributed by atoms with van der Waals surface area (Å²) >= 11 is 0. The lowest BCUT2D eigenvalue weighted by Gasteiger charge is -2.20. The number of imidazole rings is 1. The lowest BCUT2D eigenvalue weighted by Crippen LogP contribution is -2.07. The highest BCUT2D eigenvalue weighted by Gasteiger charge is 2.14. The fourth-order valence-electron chi connectivity index (χ4n) is 3.07. The Balaban J connectivity index is 1.69. The van der Waals surface area contributed by atoms with Gasteiger partial charge in [0, 0.05) is 6.42 Å². The molecule has 1 saturated carbocycles. The summed E-state index contributed by atoms with van der Waals surface area (Å²) in [5.74, 6) is 1.95. The Morgan fingerprint density at radius 1 is 1.26 bits per heavy atom. The lowest BCUT2D eigenvalue weighted by atomic mass is 9.86. The number of rotatable bonds is 3. The molecule has 19 heavy (non-hydrogen) atoms. The van der Waals surface area contributed by atoms with Crippen LogP contribution in [0.5, 0.6) is 0 Å². The quantitative estimate of drug-likeness (QED) is 0.900. The van der Waals surface area contributed by atoms with Gasteiger partial charge in [-0.05, 0) is 30.5 Å². The molecule has 0 atom stereocenters. The second kappa shape index (κ2) is 5.44. The molecule has 0 aliphatic heterocycles. The number of nitriles is 1. The van der Waals surface area contributed by atoms with Crippen LogP contribution in [0.15, 0.2) is 18.2 Å². The molecule has 3 heteroatoms. The van der Waals surface area contributed by atoms with Crippen molar-refractivity contribution in [1.29, 1.82) is 5.26 Å². The molecule has 1 heterocycles. The minimum absolute atomic E-state index is 0.690. The Bertz CT molecular complexity index is 600. The van der Waals surface area contributed by atoms with Crippen LogP contribution in [0.1, 0.15) is 49.9 Å². The van der Waals surface area contributed by atoms with E-state index in [-0.39, 0.29) is 0 Å². The molecule has 3 rings (SSSR count). The van der Waals surface area contributed by atoms with E-state index in [1.54, 1.807) is 0 Å². The van der Waals surface area contributed by atoms with Crippen molar-refractivity contribution >= 4 is 11.0 Å². The van der Waals surface area contributed by atoms with E-state index in [4.69, 9.17) is 5.26 Å². The number of aromatic nitrogens is 2. The average Bonchev–Trinajstić information content (AvgIpc) is 2.88. The summed E-state index contributed by atoms with van der Waals surface area (Å²) in [6, 6.07) is 7.80. The standard InChI is InChI=1S/C16H19N3/c17-11-13-6-8-14-15(10-13)19-16(18-14)9-7-12-4-2-1-3-5-12/h6,8,10,12H,1-5,7,9H2,(H,18,19). The van der Waals surface area contributed by atoms with Crippen molar-refractivity contribution < 1.29 is 0 Å². The molecule has 0 unspecified atom stereocenters. The van der Waals surface area contributed by atoms with Crippen molar-refractivity contribution in [2.45, 2.75) is 44.9 Å². The molecule has 0 radical (unpaired) electrons. The number of nitrogens with zero attached hydrogens (tertiary/aromatic N) is 2. The molecular formula is C16H19N3. The smallest absolute Gasteiger partial charge is 0.107 e. The molecule has 98 valence electrons. The van der Waals surface area contributed by atoms with Gasteiger partial charge in [-0.3, -0.25) is 0 Å². The summed E-state index contributed by atoms with van der Waals surface area (Å²) < 4.78 is 0. The number of benzene rings is 1. The largest absolute Gasteiger partial charge is 0.342 e. The van der Waals surface area contributed by atoms with Gasteiger partial charge in [0.1, 0.15) is 5.82 Å². The summed E-state index contributed by atoms with van der Waals surface area (Å²) in [6.07, 6.45) is 9.26. The van der Waals surface area contributed by atoms with E-state index in [0.717, 1.165) is 29.2 Å². The number of aryl methyl sites for hydroxylation is 1. The maximum atomic E-state index is 8.89. The Hall–Kier alpha value is -1.82. The zero-order valence-corrected chi connectivity index (χ0v) is 11.2. The Labute approximate surface area is 113 Å². The van der Waals surface area contributed by atoms with Crippen LogP contribution in [0, 0.1) is 17.2 Å². The van der Waals surface area contributed by atoms with Gasteiger partial charge in [0.25, 0.3) is 0 Å². The third kappa shape index (κ3) is 2.78. The summed E-state index contributed by atoms with van der Waals surface area (Å²) in [4.78, 5) is 7.96. The highest BCUT2D eigenvalue weighted by Crippen LogP contribution is 2.27. The Kier molecular flexibility index (Phi) is 3.50. The normalized spacial score (nSPS) is 16.6. The minimum atomic E-state index is 0.690. The van der Waals surface area contributed by atoms with Crippen molar-refractivity contribution in [3.63, 3.8) is 0 Å². The summed E-state index contributed by atoms with van der Waals surface area (Å²) in [5.41, 5.74) is 2.64. The summed E-state index contributed by atoms with van der Waals surface area (Å²) in [7, 11) is 0. The van der Waals surface area contributed by atoms with Crippen LogP contribution >= 0.6 is 0 Å². The Morgan fingerprint density at radius 3 is 2.89 bits per heavy atom. The molecule has 1 aliphatic carbocycles. The highest BCUT2D eigenvalue weighted by molar-refractivity contribution is 5.76. The zero-order valence-electron chi connectivity index (χ0n) is 11.2. The number of hydrogen-bond donors (Lipinski definition) is 1. The van der Waals surface area contributed by atoms with Gasteiger partial charge >= 0.3 is 0 Å². The summed E-state index contributed by atoms with van der Waals surface area (Å²) in [5, 5.41) is 8.89. The van der Waals surface area contributed by atoms with Gasteiger partial charge in [0.2, 0.25) is 0 Å². The van der Waals surface area contributed by atoms with E-state index in [1.165, 1.54) is 38.5 Å². The van der Waals surface area contributed by atoms with E-state index < -0.39 is 0 Å². The fraction of sp³-hybridized carbons (Fsp3) is 0.500. The number of nitrogens with one attached hydrogen (secondary N) is 1. The average molecular weight is 253 g/mol. The van der Waals surface area contributed by atoms with Crippen molar-refractivity contribution in [2.24, 2.45) is 5.92 Å². The molecule has 1 N–H and O–H groups in total. The van der Waals surface area contributed by atoms with Crippen molar-refractivity contribution in [3.05, 3.63) is 29.6 Å². The molecule has 1 aromatic carbocycles. The van der Waals surface area contributed by atoms with Crippen LogP contribution in [0.4, 0.5) is 0 Å². The second-order valence-electron chi connectivity index (χ2n) is 5.57. The van der Waals surface area contributed by atoms with Gasteiger partial charge in [-0.25, -0.2) is 4.98 Å². The third-order valence-corrected chi connectivity index (χ3v) is 4.17. The van der Waals surface area contributed by atoms with Gasteiger partial charge in [-0.1, -0.05) is 32.1 Å². The van der Waals surface area contributed by atoms with Gasteiger partial charge < -0.3 is 4.98 Å². The van der Waals surface area contributed by atoms with Crippen molar-refractivity contribution in [2.75, 3.05) is 0 Å². The molecule has 3 nitrogen and oxygen atoms in total. The first kappa shape index (κ1) is 12.2. The number of H-pyrrole nitrogens is 1. The molecule has 0 bridgehead atoms. The lowest BCUT2D eigenvalue weighted by molar-refractivity contribution is 0.337. The molecular weight excluding hydrogens is 234 g/mol. The molecule has 2 aromatic rings. The van der Waals surface area contributed by atoms with Gasteiger partial charge in [0.15, 0.2) is 0 Å². The second-order valence-corrected chi connectivity index (χ2v) is 5.57. The highest BCUT2D eigenvalue weighted by atomic mass is 14.9. The molecule has 1 fully saturated rings. The van der Waals surface area contributed by atoms with E-state index in [2.05, 4.69) is 16.0 Å². The first-order valence-corrected chi connectivity index (χ1v) is 7.24. The molecule has 0 saturated heterocycles. The molecule has 0 amide bonds. The van der Waals surface area contributed by atoms with E-state index in [9.17, 15) is 0 Å². The fourth-order valence-corrected chi connectivity index (χ4v) is 3.07. The van der Waals surface area contributed by atoms with Crippen LogP contribution < -0.4 is 0 Å². The maximum Gasteiger partial charge on any atom is 0.107 e. The SMILES string of the molecule is N#Cc1ccc2nc(CCC3CCCCC3)[nH]c2c1.